The van der Waals surface area contributed by atoms with Gasteiger partial charge in [0.1, 0.15) is 5.82 Å². The number of nitrogens with one attached hydrogen (secondary N) is 1. The van der Waals surface area contributed by atoms with Crippen LogP contribution in [0, 0.1) is 5.41 Å². The van der Waals surface area contributed by atoms with Gasteiger partial charge in [-0.1, -0.05) is 20.8 Å². The van der Waals surface area contributed by atoms with Crippen LogP contribution >= 0.6 is 0 Å². The van der Waals surface area contributed by atoms with Gasteiger partial charge in [-0.25, -0.2) is 4.98 Å². The Hall–Kier alpha value is -1.38. The number of aromatic nitrogens is 1. The molecule has 0 bridgehead atoms. The normalized spacial score (nSPS) is 11.1. The SMILES string of the molecule is CC(C)(C)CNc1ncccc1C=O. The molecule has 0 saturated heterocycles. The monoisotopic (exact) mass is 192 g/mol. The molecule has 1 aromatic rings. The van der Waals surface area contributed by atoms with Crippen LogP contribution in [0.5, 0.6) is 0 Å². The van der Waals surface area contributed by atoms with Crippen LogP contribution in [0.15, 0.2) is 18.3 Å². The Morgan fingerprint density at radius 3 is 2.79 bits per heavy atom. The average molecular weight is 192 g/mol. The maximum Gasteiger partial charge on any atom is 0.153 e. The summed E-state index contributed by atoms with van der Waals surface area (Å²) in [6.45, 7) is 7.18. The summed E-state index contributed by atoms with van der Waals surface area (Å²) < 4.78 is 0. The molecule has 0 saturated carbocycles. The summed E-state index contributed by atoms with van der Waals surface area (Å²) in [5, 5.41) is 3.16. The van der Waals surface area contributed by atoms with Gasteiger partial charge in [-0.3, -0.25) is 4.79 Å². The summed E-state index contributed by atoms with van der Waals surface area (Å²) >= 11 is 0. The fourth-order valence-corrected chi connectivity index (χ4v) is 1.01. The summed E-state index contributed by atoms with van der Waals surface area (Å²) in [6.07, 6.45) is 2.50. The van der Waals surface area contributed by atoms with E-state index in [0.29, 0.717) is 11.4 Å². The number of carbonyl (C=O) groups is 1. The molecule has 14 heavy (non-hydrogen) atoms. The second-order valence-corrected chi connectivity index (χ2v) is 4.47. The first kappa shape index (κ1) is 10.7. The lowest BCUT2D eigenvalue weighted by Crippen LogP contribution is -2.20. The Balaban J connectivity index is 2.71. The van der Waals surface area contributed by atoms with Crippen LogP contribution in [0.4, 0.5) is 5.82 Å². The van der Waals surface area contributed by atoms with Crippen molar-refractivity contribution < 1.29 is 4.79 Å². The fraction of sp³-hybridized carbons (Fsp3) is 0.455. The highest BCUT2D eigenvalue weighted by atomic mass is 16.1. The Bertz CT molecular complexity index is 315. The summed E-state index contributed by atoms with van der Waals surface area (Å²) in [7, 11) is 0. The molecule has 0 spiro atoms. The molecule has 3 nitrogen and oxygen atoms in total. The lowest BCUT2D eigenvalue weighted by atomic mass is 9.97. The third-order valence-corrected chi connectivity index (χ3v) is 1.75. The van der Waals surface area contributed by atoms with Crippen LogP contribution in [0.2, 0.25) is 0 Å². The van der Waals surface area contributed by atoms with Crippen LogP contribution < -0.4 is 5.32 Å². The van der Waals surface area contributed by atoms with Gasteiger partial charge in [0.25, 0.3) is 0 Å². The first-order valence-corrected chi connectivity index (χ1v) is 4.67. The molecule has 1 aromatic heterocycles. The van der Waals surface area contributed by atoms with Crippen LogP contribution in [-0.2, 0) is 0 Å². The molecule has 1 rings (SSSR count). The molecule has 0 radical (unpaired) electrons. The quantitative estimate of drug-likeness (QED) is 0.747. The number of carbonyl (C=O) groups excluding carboxylic acids is 1. The van der Waals surface area contributed by atoms with Gasteiger partial charge in [-0.15, -0.1) is 0 Å². The lowest BCUT2D eigenvalue weighted by molar-refractivity contribution is 0.112. The Labute approximate surface area is 84.6 Å². The number of rotatable bonds is 3. The van der Waals surface area contributed by atoms with E-state index >= 15 is 0 Å². The maximum absolute atomic E-state index is 10.7. The van der Waals surface area contributed by atoms with Gasteiger partial charge in [0.15, 0.2) is 6.29 Å². The van der Waals surface area contributed by atoms with Crippen LogP contribution in [0.3, 0.4) is 0 Å². The van der Waals surface area contributed by atoms with Crippen molar-refractivity contribution in [2.75, 3.05) is 11.9 Å². The zero-order chi connectivity index (χ0) is 10.6. The van der Waals surface area contributed by atoms with Crippen LogP contribution in [0.1, 0.15) is 31.1 Å². The molecular weight excluding hydrogens is 176 g/mol. The van der Waals surface area contributed by atoms with Crippen molar-refractivity contribution >= 4 is 12.1 Å². The standard InChI is InChI=1S/C11H16N2O/c1-11(2,3)8-13-10-9(7-14)5-4-6-12-10/h4-7H,8H2,1-3H3,(H,12,13). The number of nitrogens with zero attached hydrogens (tertiary/aromatic N) is 1. The third kappa shape index (κ3) is 3.17. The summed E-state index contributed by atoms with van der Waals surface area (Å²) in [5.41, 5.74) is 0.786. The van der Waals surface area contributed by atoms with E-state index in [1.807, 2.05) is 0 Å². The largest absolute Gasteiger partial charge is 0.369 e. The highest BCUT2D eigenvalue weighted by Crippen LogP contribution is 2.15. The highest BCUT2D eigenvalue weighted by Gasteiger charge is 2.10. The van der Waals surface area contributed by atoms with E-state index in [1.165, 1.54) is 0 Å². The van der Waals surface area contributed by atoms with E-state index in [0.717, 1.165) is 12.8 Å². The van der Waals surface area contributed by atoms with E-state index in [4.69, 9.17) is 0 Å². The van der Waals surface area contributed by atoms with E-state index < -0.39 is 0 Å². The molecule has 1 N–H and O–H groups in total. The van der Waals surface area contributed by atoms with Gasteiger partial charge in [0.05, 0.1) is 5.56 Å². The zero-order valence-corrected chi connectivity index (χ0v) is 8.87. The molecule has 0 aliphatic carbocycles. The third-order valence-electron chi connectivity index (χ3n) is 1.75. The Morgan fingerprint density at radius 2 is 2.21 bits per heavy atom. The number of pyridine rings is 1. The maximum atomic E-state index is 10.7. The Morgan fingerprint density at radius 1 is 1.50 bits per heavy atom. The van der Waals surface area contributed by atoms with Gasteiger partial charge in [0, 0.05) is 12.7 Å². The number of anilines is 1. The molecule has 0 aliphatic heterocycles. The van der Waals surface area contributed by atoms with Gasteiger partial charge < -0.3 is 5.32 Å². The van der Waals surface area contributed by atoms with Gasteiger partial charge in [-0.05, 0) is 17.5 Å². The fourth-order valence-electron chi connectivity index (χ4n) is 1.01. The van der Waals surface area contributed by atoms with Crippen molar-refractivity contribution in [3.63, 3.8) is 0 Å². The molecule has 1 heterocycles. The second kappa shape index (κ2) is 4.22. The molecule has 0 unspecified atom stereocenters. The molecule has 0 fully saturated rings. The zero-order valence-electron chi connectivity index (χ0n) is 8.87. The van der Waals surface area contributed by atoms with Crippen molar-refractivity contribution in [1.82, 2.24) is 4.98 Å². The average Bonchev–Trinajstić information content (AvgIpc) is 2.14. The smallest absolute Gasteiger partial charge is 0.153 e. The molecule has 0 aliphatic rings. The van der Waals surface area contributed by atoms with E-state index in [-0.39, 0.29) is 5.41 Å². The predicted molar refractivity (Wildman–Crippen MR) is 57.6 cm³/mol. The number of hydrogen-bond donors (Lipinski definition) is 1. The van der Waals surface area contributed by atoms with Crippen molar-refractivity contribution in [3.8, 4) is 0 Å². The van der Waals surface area contributed by atoms with Crippen molar-refractivity contribution in [1.29, 1.82) is 0 Å². The van der Waals surface area contributed by atoms with E-state index in [1.54, 1.807) is 18.3 Å². The summed E-state index contributed by atoms with van der Waals surface area (Å²) in [4.78, 5) is 14.8. The molecule has 0 atom stereocenters. The van der Waals surface area contributed by atoms with Gasteiger partial charge >= 0.3 is 0 Å². The van der Waals surface area contributed by atoms with Gasteiger partial charge in [0.2, 0.25) is 0 Å². The van der Waals surface area contributed by atoms with Crippen molar-refractivity contribution in [2.45, 2.75) is 20.8 Å². The molecule has 3 heteroatoms. The minimum atomic E-state index is 0.178. The van der Waals surface area contributed by atoms with Crippen molar-refractivity contribution in [3.05, 3.63) is 23.9 Å². The minimum Gasteiger partial charge on any atom is -0.369 e. The minimum absolute atomic E-state index is 0.178. The topological polar surface area (TPSA) is 42.0 Å². The first-order valence-electron chi connectivity index (χ1n) is 4.67. The molecule has 0 amide bonds. The predicted octanol–water partition coefficient (Wildman–Crippen LogP) is 2.35. The molecule has 0 aromatic carbocycles. The van der Waals surface area contributed by atoms with E-state index in [9.17, 15) is 4.79 Å². The second-order valence-electron chi connectivity index (χ2n) is 4.47. The molecular formula is C11H16N2O. The number of aldehydes is 1. The number of hydrogen-bond acceptors (Lipinski definition) is 3. The Kier molecular flexibility index (Phi) is 3.23. The van der Waals surface area contributed by atoms with Crippen molar-refractivity contribution in [2.24, 2.45) is 5.41 Å². The van der Waals surface area contributed by atoms with Crippen LogP contribution in [-0.4, -0.2) is 17.8 Å². The van der Waals surface area contributed by atoms with Gasteiger partial charge in [-0.2, -0.15) is 0 Å². The molecule has 76 valence electrons. The van der Waals surface area contributed by atoms with Crippen LogP contribution in [0.25, 0.3) is 0 Å². The lowest BCUT2D eigenvalue weighted by Gasteiger charge is -2.19. The van der Waals surface area contributed by atoms with E-state index in [2.05, 4.69) is 31.1 Å². The highest BCUT2D eigenvalue weighted by molar-refractivity contribution is 5.82. The summed E-state index contributed by atoms with van der Waals surface area (Å²) in [6, 6.07) is 3.51. The first-order chi connectivity index (χ1) is 6.53. The summed E-state index contributed by atoms with van der Waals surface area (Å²) in [5.74, 6) is 0.664.